The van der Waals surface area contributed by atoms with Gasteiger partial charge >= 0.3 is 6.09 Å². The maximum absolute atomic E-state index is 15.0. The standard InChI is InChI=1S/C28H33ClFN3O7S/c1-27(2,3)40-26(36)32-21-16-41(37,38)23-9-6-19(24(34)31-17-28(30)10-12-39-13-11-28)14-22(23)33(25(21)35)15-18-4-7-20(29)8-5-18/h4-9,14,21H,10-13,15-17H2,1-3H3,(H,31,34)(H,32,36)/t21-/m0/s1. The Hall–Kier alpha value is -3.22. The zero-order valence-electron chi connectivity index (χ0n) is 23.0. The maximum atomic E-state index is 15.0. The Labute approximate surface area is 243 Å². The number of nitrogens with zero attached hydrogens (tertiary/aromatic N) is 1. The fourth-order valence-electron chi connectivity index (χ4n) is 4.56. The van der Waals surface area contributed by atoms with Crippen molar-refractivity contribution < 1.29 is 36.7 Å². The van der Waals surface area contributed by atoms with Crippen molar-refractivity contribution in [1.82, 2.24) is 10.6 Å². The number of halogens is 2. The van der Waals surface area contributed by atoms with Gasteiger partial charge in [0.15, 0.2) is 9.84 Å². The van der Waals surface area contributed by atoms with Crippen molar-refractivity contribution in [2.45, 2.75) is 62.4 Å². The molecule has 13 heteroatoms. The number of sulfone groups is 1. The molecule has 0 bridgehead atoms. The lowest BCUT2D eigenvalue weighted by Crippen LogP contribution is -2.51. The van der Waals surface area contributed by atoms with Gasteiger partial charge in [-0.15, -0.1) is 0 Å². The van der Waals surface area contributed by atoms with E-state index in [0.29, 0.717) is 10.6 Å². The van der Waals surface area contributed by atoms with Crippen LogP contribution in [0.15, 0.2) is 47.4 Å². The second-order valence-electron chi connectivity index (χ2n) is 11.2. The molecule has 0 spiro atoms. The van der Waals surface area contributed by atoms with Gasteiger partial charge in [0.05, 0.1) is 29.4 Å². The summed E-state index contributed by atoms with van der Waals surface area (Å²) in [4.78, 5) is 40.4. The number of nitrogens with one attached hydrogen (secondary N) is 2. The molecule has 1 atom stereocenters. The zero-order valence-corrected chi connectivity index (χ0v) is 24.6. The van der Waals surface area contributed by atoms with Crippen LogP contribution in [0.1, 0.15) is 49.5 Å². The van der Waals surface area contributed by atoms with E-state index >= 15 is 4.39 Å². The molecule has 0 unspecified atom stereocenters. The van der Waals surface area contributed by atoms with Crippen molar-refractivity contribution in [3.63, 3.8) is 0 Å². The van der Waals surface area contributed by atoms with Crippen molar-refractivity contribution in [2.75, 3.05) is 30.4 Å². The summed E-state index contributed by atoms with van der Waals surface area (Å²) < 4.78 is 52.4. The number of carbonyl (C=O) groups is 3. The Morgan fingerprint density at radius 2 is 1.80 bits per heavy atom. The lowest BCUT2D eigenvalue weighted by atomic mass is 9.96. The van der Waals surface area contributed by atoms with E-state index in [4.69, 9.17) is 21.1 Å². The van der Waals surface area contributed by atoms with Gasteiger partial charge in [0, 0.05) is 36.6 Å². The molecule has 0 aromatic heterocycles. The molecule has 1 saturated heterocycles. The lowest BCUT2D eigenvalue weighted by Gasteiger charge is -2.29. The van der Waals surface area contributed by atoms with Gasteiger partial charge < -0.3 is 25.0 Å². The summed E-state index contributed by atoms with van der Waals surface area (Å²) in [6, 6.07) is 8.99. The van der Waals surface area contributed by atoms with E-state index in [9.17, 15) is 22.8 Å². The molecule has 2 aromatic carbocycles. The molecule has 2 aromatic rings. The van der Waals surface area contributed by atoms with E-state index < -0.39 is 50.8 Å². The molecule has 10 nitrogen and oxygen atoms in total. The quantitative estimate of drug-likeness (QED) is 0.509. The minimum absolute atomic E-state index is 0.0351. The molecule has 0 aliphatic carbocycles. The third-order valence-corrected chi connectivity index (χ3v) is 8.74. The van der Waals surface area contributed by atoms with Crippen LogP contribution in [0, 0.1) is 0 Å². The number of ether oxygens (including phenoxy) is 2. The average molecular weight is 610 g/mol. The van der Waals surface area contributed by atoms with Crippen LogP contribution in [0.5, 0.6) is 0 Å². The second kappa shape index (κ2) is 11.9. The summed E-state index contributed by atoms with van der Waals surface area (Å²) in [7, 11) is -4.12. The molecular formula is C28H33ClFN3O7S. The van der Waals surface area contributed by atoms with Crippen molar-refractivity contribution >= 4 is 45.0 Å². The van der Waals surface area contributed by atoms with Gasteiger partial charge in [0.25, 0.3) is 11.8 Å². The summed E-state index contributed by atoms with van der Waals surface area (Å²) in [6.45, 7) is 5.11. The van der Waals surface area contributed by atoms with Crippen LogP contribution in [-0.2, 0) is 30.7 Å². The van der Waals surface area contributed by atoms with E-state index in [0.717, 1.165) is 0 Å². The minimum atomic E-state index is -4.12. The number of hydrogen-bond donors (Lipinski definition) is 2. The average Bonchev–Trinajstić information content (AvgIpc) is 2.96. The molecule has 2 aliphatic rings. The number of anilines is 1. The predicted octanol–water partition coefficient (Wildman–Crippen LogP) is 3.80. The van der Waals surface area contributed by atoms with E-state index in [1.165, 1.54) is 23.1 Å². The first-order valence-corrected chi connectivity index (χ1v) is 15.2. The van der Waals surface area contributed by atoms with Crippen LogP contribution in [0.3, 0.4) is 0 Å². The third-order valence-electron chi connectivity index (χ3n) is 6.70. The fraction of sp³-hybridized carbons (Fsp3) is 0.464. The topological polar surface area (TPSA) is 131 Å². The smallest absolute Gasteiger partial charge is 0.408 e. The zero-order chi connectivity index (χ0) is 30.0. The highest BCUT2D eigenvalue weighted by Crippen LogP contribution is 2.33. The normalized spacial score (nSPS) is 20.0. The van der Waals surface area contributed by atoms with Crippen LogP contribution in [0.4, 0.5) is 14.9 Å². The molecular weight excluding hydrogens is 577 g/mol. The van der Waals surface area contributed by atoms with Crippen LogP contribution in [-0.4, -0.2) is 69.1 Å². The van der Waals surface area contributed by atoms with Crippen LogP contribution in [0.2, 0.25) is 5.02 Å². The van der Waals surface area contributed by atoms with E-state index in [-0.39, 0.29) is 55.3 Å². The molecule has 4 rings (SSSR count). The number of benzene rings is 2. The predicted molar refractivity (Wildman–Crippen MR) is 151 cm³/mol. The number of amides is 3. The molecule has 222 valence electrons. The van der Waals surface area contributed by atoms with Gasteiger partial charge in [-0.25, -0.2) is 17.6 Å². The summed E-state index contributed by atoms with van der Waals surface area (Å²) >= 11 is 6.01. The SMILES string of the molecule is CC(C)(C)OC(=O)N[C@H]1CS(=O)(=O)c2ccc(C(=O)NCC3(F)CCOCC3)cc2N(Cc2ccc(Cl)cc2)C1=O. The highest BCUT2D eigenvalue weighted by atomic mass is 35.5. The molecule has 0 saturated carbocycles. The summed E-state index contributed by atoms with van der Waals surface area (Å²) in [5.41, 5.74) is -1.86. The number of carbonyl (C=O) groups excluding carboxylic acids is 3. The molecule has 1 fully saturated rings. The number of alkyl carbamates (subject to hydrolysis) is 1. The van der Waals surface area contributed by atoms with Gasteiger partial charge in [-0.05, 0) is 56.7 Å². The van der Waals surface area contributed by atoms with E-state index in [1.54, 1.807) is 45.0 Å². The second-order valence-corrected chi connectivity index (χ2v) is 13.6. The van der Waals surface area contributed by atoms with Crippen molar-refractivity contribution in [3.8, 4) is 0 Å². The third kappa shape index (κ3) is 7.75. The monoisotopic (exact) mass is 609 g/mol. The maximum Gasteiger partial charge on any atom is 0.408 e. The number of rotatable bonds is 6. The Bertz CT molecular complexity index is 1420. The first-order chi connectivity index (χ1) is 19.2. The van der Waals surface area contributed by atoms with Crippen molar-refractivity contribution in [1.29, 1.82) is 0 Å². The van der Waals surface area contributed by atoms with Crippen LogP contribution >= 0.6 is 11.6 Å². The molecule has 2 heterocycles. The van der Waals surface area contributed by atoms with E-state index in [1.807, 2.05) is 0 Å². The molecule has 0 radical (unpaired) electrons. The Balaban J connectivity index is 1.69. The molecule has 41 heavy (non-hydrogen) atoms. The summed E-state index contributed by atoms with van der Waals surface area (Å²) in [5, 5.41) is 5.45. The minimum Gasteiger partial charge on any atom is -0.444 e. The number of hydrogen-bond acceptors (Lipinski definition) is 7. The van der Waals surface area contributed by atoms with E-state index in [2.05, 4.69) is 10.6 Å². The summed E-state index contributed by atoms with van der Waals surface area (Å²) in [5.74, 6) is -2.05. The molecule has 2 aliphatic heterocycles. The Morgan fingerprint density at radius 1 is 1.15 bits per heavy atom. The van der Waals surface area contributed by atoms with Gasteiger partial charge in [-0.1, -0.05) is 23.7 Å². The first-order valence-electron chi connectivity index (χ1n) is 13.1. The Kier molecular flexibility index (Phi) is 8.95. The van der Waals surface area contributed by atoms with Gasteiger partial charge in [0.2, 0.25) is 0 Å². The summed E-state index contributed by atoms with van der Waals surface area (Å²) in [6.07, 6.45) is -0.659. The van der Waals surface area contributed by atoms with Crippen molar-refractivity contribution in [2.24, 2.45) is 0 Å². The molecule has 3 amide bonds. The lowest BCUT2D eigenvalue weighted by molar-refractivity contribution is -0.120. The fourth-order valence-corrected chi connectivity index (χ4v) is 6.30. The largest absolute Gasteiger partial charge is 0.444 e. The van der Waals surface area contributed by atoms with Crippen LogP contribution < -0.4 is 15.5 Å². The van der Waals surface area contributed by atoms with Crippen molar-refractivity contribution in [3.05, 3.63) is 58.6 Å². The molecule has 2 N–H and O–H groups in total. The van der Waals surface area contributed by atoms with Gasteiger partial charge in [0.1, 0.15) is 17.3 Å². The first kappa shape index (κ1) is 30.7. The highest BCUT2D eigenvalue weighted by molar-refractivity contribution is 7.91. The Morgan fingerprint density at radius 3 is 2.44 bits per heavy atom. The van der Waals surface area contributed by atoms with Crippen LogP contribution in [0.25, 0.3) is 0 Å². The number of alkyl halides is 1. The van der Waals surface area contributed by atoms with Gasteiger partial charge in [-0.2, -0.15) is 0 Å². The number of fused-ring (bicyclic) bond motifs is 1. The highest BCUT2D eigenvalue weighted by Gasteiger charge is 2.40. The van der Waals surface area contributed by atoms with Gasteiger partial charge in [-0.3, -0.25) is 9.59 Å².